The molecule has 2 aliphatic heterocycles. The number of fused-ring (bicyclic) bond motifs is 1. The molecule has 3 atom stereocenters. The summed E-state index contributed by atoms with van der Waals surface area (Å²) in [6.07, 6.45) is 3.63. The second-order valence-electron chi connectivity index (χ2n) is 9.96. The summed E-state index contributed by atoms with van der Waals surface area (Å²) < 4.78 is 16.3. The first-order valence-electron chi connectivity index (χ1n) is 13.4. The lowest BCUT2D eigenvalue weighted by Crippen LogP contribution is -2.42. The van der Waals surface area contributed by atoms with Crippen molar-refractivity contribution in [1.29, 1.82) is 0 Å². The van der Waals surface area contributed by atoms with Gasteiger partial charge in [0.1, 0.15) is 5.75 Å². The molecule has 0 spiro atoms. The third-order valence-electron chi connectivity index (χ3n) is 7.52. The number of aliphatic carboxylic acids is 1. The second-order valence-corrected chi connectivity index (χ2v) is 9.96. The van der Waals surface area contributed by atoms with E-state index >= 15 is 0 Å². The van der Waals surface area contributed by atoms with Gasteiger partial charge in [0.05, 0.1) is 19.6 Å². The van der Waals surface area contributed by atoms with Crippen LogP contribution < -0.4 is 19.9 Å². The quantitative estimate of drug-likeness (QED) is 0.381. The zero-order chi connectivity index (χ0) is 27.1. The molecule has 1 saturated heterocycles. The minimum absolute atomic E-state index is 0.0180. The predicted molar refractivity (Wildman–Crippen MR) is 144 cm³/mol. The summed E-state index contributed by atoms with van der Waals surface area (Å²) in [7, 11) is 1.60. The maximum Gasteiger partial charge on any atom is 0.309 e. The normalized spacial score (nSPS) is 20.4. The molecular formula is C29H39N3O6. The van der Waals surface area contributed by atoms with Gasteiger partial charge in [0, 0.05) is 31.6 Å². The van der Waals surface area contributed by atoms with Crippen LogP contribution in [0, 0.1) is 5.92 Å². The Morgan fingerprint density at radius 3 is 2.45 bits per heavy atom. The average molecular weight is 526 g/mol. The summed E-state index contributed by atoms with van der Waals surface area (Å²) in [6, 6.07) is 12.6. The van der Waals surface area contributed by atoms with Crippen molar-refractivity contribution in [3.05, 3.63) is 53.6 Å². The van der Waals surface area contributed by atoms with E-state index < -0.39 is 17.9 Å². The fourth-order valence-corrected chi connectivity index (χ4v) is 5.50. The van der Waals surface area contributed by atoms with E-state index in [4.69, 9.17) is 19.9 Å². The fourth-order valence-electron chi connectivity index (χ4n) is 5.50. The third kappa shape index (κ3) is 6.22. The number of amides is 1. The van der Waals surface area contributed by atoms with Crippen molar-refractivity contribution in [2.45, 2.75) is 44.6 Å². The zero-order valence-corrected chi connectivity index (χ0v) is 22.3. The highest BCUT2D eigenvalue weighted by molar-refractivity contribution is 5.79. The van der Waals surface area contributed by atoms with E-state index in [1.54, 1.807) is 7.11 Å². The number of benzene rings is 2. The number of methoxy groups -OCH3 is 1. The van der Waals surface area contributed by atoms with Crippen molar-refractivity contribution in [3.8, 4) is 17.2 Å². The lowest BCUT2D eigenvalue weighted by atomic mass is 9.82. The highest BCUT2D eigenvalue weighted by atomic mass is 16.7. The van der Waals surface area contributed by atoms with E-state index in [2.05, 4.69) is 6.92 Å². The molecule has 9 heteroatoms. The number of carbonyl (C=O) groups is 2. The smallest absolute Gasteiger partial charge is 0.309 e. The van der Waals surface area contributed by atoms with Crippen molar-refractivity contribution in [2.24, 2.45) is 11.7 Å². The molecule has 0 radical (unpaired) electrons. The SMILES string of the molecule is CCCCN(CCCCN)C(=O)CN1C[C@H](c2ccc3c(c2)OCO3)[C@H](C(=O)O)[C@H]1c1ccc(OC)cc1. The van der Waals surface area contributed by atoms with Crippen LogP contribution in [0.3, 0.4) is 0 Å². The fraction of sp³-hybridized carbons (Fsp3) is 0.517. The van der Waals surface area contributed by atoms with Gasteiger partial charge in [-0.1, -0.05) is 31.5 Å². The first-order chi connectivity index (χ1) is 18.5. The van der Waals surface area contributed by atoms with Crippen molar-refractivity contribution in [1.82, 2.24) is 9.80 Å². The number of unbranched alkanes of at least 4 members (excludes halogenated alkanes) is 2. The lowest BCUT2D eigenvalue weighted by Gasteiger charge is -2.30. The number of carbonyl (C=O) groups excluding carboxylic acids is 1. The van der Waals surface area contributed by atoms with Crippen LogP contribution >= 0.6 is 0 Å². The first kappa shape index (κ1) is 27.7. The number of rotatable bonds is 13. The molecule has 0 aromatic heterocycles. The van der Waals surface area contributed by atoms with Gasteiger partial charge in [-0.15, -0.1) is 0 Å². The van der Waals surface area contributed by atoms with Gasteiger partial charge in [0.15, 0.2) is 11.5 Å². The van der Waals surface area contributed by atoms with E-state index in [1.807, 2.05) is 52.3 Å². The van der Waals surface area contributed by atoms with Gasteiger partial charge in [-0.3, -0.25) is 14.5 Å². The molecule has 9 nitrogen and oxygen atoms in total. The average Bonchev–Trinajstić information content (AvgIpc) is 3.55. The lowest BCUT2D eigenvalue weighted by molar-refractivity contribution is -0.144. The van der Waals surface area contributed by atoms with E-state index in [0.717, 1.165) is 36.8 Å². The van der Waals surface area contributed by atoms with Crippen LogP contribution in [0.15, 0.2) is 42.5 Å². The molecule has 2 aromatic carbocycles. The molecule has 1 fully saturated rings. The molecule has 0 aliphatic carbocycles. The van der Waals surface area contributed by atoms with E-state index in [1.165, 1.54) is 0 Å². The molecule has 4 rings (SSSR count). The predicted octanol–water partition coefficient (Wildman–Crippen LogP) is 3.63. The van der Waals surface area contributed by atoms with Crippen LogP contribution in [0.5, 0.6) is 17.2 Å². The number of carboxylic acid groups (broad SMARTS) is 1. The minimum atomic E-state index is -0.894. The summed E-state index contributed by atoms with van der Waals surface area (Å²) in [5.74, 6) is 0.00763. The number of ether oxygens (including phenoxy) is 3. The van der Waals surface area contributed by atoms with Gasteiger partial charge in [-0.25, -0.2) is 0 Å². The van der Waals surface area contributed by atoms with Gasteiger partial charge in [-0.05, 0) is 61.2 Å². The Labute approximate surface area is 224 Å². The molecule has 0 unspecified atom stereocenters. The molecule has 3 N–H and O–H groups in total. The van der Waals surface area contributed by atoms with E-state index in [-0.39, 0.29) is 25.2 Å². The Morgan fingerprint density at radius 1 is 1.05 bits per heavy atom. The highest BCUT2D eigenvalue weighted by Crippen LogP contribution is 2.47. The van der Waals surface area contributed by atoms with E-state index in [0.29, 0.717) is 43.4 Å². The summed E-state index contributed by atoms with van der Waals surface area (Å²) in [5.41, 5.74) is 7.39. The van der Waals surface area contributed by atoms with Gasteiger partial charge in [0.25, 0.3) is 0 Å². The molecule has 2 aliphatic rings. The molecule has 0 saturated carbocycles. The molecule has 2 aromatic rings. The molecule has 1 amide bonds. The number of hydrogen-bond acceptors (Lipinski definition) is 7. The Morgan fingerprint density at radius 2 is 1.76 bits per heavy atom. The first-order valence-corrected chi connectivity index (χ1v) is 13.4. The molecule has 0 bridgehead atoms. The van der Waals surface area contributed by atoms with Crippen molar-refractivity contribution in [3.63, 3.8) is 0 Å². The number of carboxylic acids is 1. The summed E-state index contributed by atoms with van der Waals surface area (Å²) >= 11 is 0. The van der Waals surface area contributed by atoms with Crippen molar-refractivity contribution < 1.29 is 28.9 Å². The summed E-state index contributed by atoms with van der Waals surface area (Å²) in [4.78, 5) is 30.3. The largest absolute Gasteiger partial charge is 0.497 e. The number of nitrogens with two attached hydrogens (primary N) is 1. The number of likely N-dealkylation sites (tertiary alicyclic amines) is 1. The second kappa shape index (κ2) is 13.0. The van der Waals surface area contributed by atoms with Crippen LogP contribution in [-0.2, 0) is 9.59 Å². The van der Waals surface area contributed by atoms with Crippen LogP contribution in [-0.4, -0.2) is 73.4 Å². The Kier molecular flexibility index (Phi) is 9.47. The van der Waals surface area contributed by atoms with Gasteiger partial charge in [0.2, 0.25) is 12.7 Å². The third-order valence-corrected chi connectivity index (χ3v) is 7.52. The Hall–Kier alpha value is -3.30. The minimum Gasteiger partial charge on any atom is -0.497 e. The van der Waals surface area contributed by atoms with Crippen LogP contribution in [0.4, 0.5) is 0 Å². The standard InChI is InChI=1S/C29H39N3O6/c1-3-4-14-31(15-6-5-13-30)26(33)18-32-17-23(21-9-12-24-25(16-21)38-19-37-24)27(29(34)35)28(32)20-7-10-22(36-2)11-8-20/h7-12,16,23,27-28H,3-6,13-15,17-19,30H2,1-2H3,(H,34,35)/t23-,27+,28-/m1/s1. The Balaban J connectivity index is 1.65. The topological polar surface area (TPSA) is 115 Å². The van der Waals surface area contributed by atoms with Crippen LogP contribution in [0.2, 0.25) is 0 Å². The number of nitrogens with zero attached hydrogens (tertiary/aromatic N) is 2. The van der Waals surface area contributed by atoms with Crippen molar-refractivity contribution in [2.75, 3.05) is 46.6 Å². The molecular weight excluding hydrogens is 486 g/mol. The van der Waals surface area contributed by atoms with Crippen LogP contribution in [0.25, 0.3) is 0 Å². The maximum atomic E-state index is 13.6. The zero-order valence-electron chi connectivity index (χ0n) is 22.3. The monoisotopic (exact) mass is 525 g/mol. The highest BCUT2D eigenvalue weighted by Gasteiger charge is 2.48. The van der Waals surface area contributed by atoms with Crippen LogP contribution in [0.1, 0.15) is 55.7 Å². The maximum absolute atomic E-state index is 13.6. The summed E-state index contributed by atoms with van der Waals surface area (Å²) in [5, 5.41) is 10.5. The molecule has 206 valence electrons. The van der Waals surface area contributed by atoms with Gasteiger partial charge < -0.3 is 30.0 Å². The van der Waals surface area contributed by atoms with Crippen molar-refractivity contribution >= 4 is 11.9 Å². The summed E-state index contributed by atoms with van der Waals surface area (Å²) in [6.45, 7) is 4.78. The molecule has 2 heterocycles. The number of hydrogen-bond donors (Lipinski definition) is 2. The van der Waals surface area contributed by atoms with E-state index in [9.17, 15) is 14.7 Å². The van der Waals surface area contributed by atoms with Gasteiger partial charge in [-0.2, -0.15) is 0 Å². The van der Waals surface area contributed by atoms with Gasteiger partial charge >= 0.3 is 5.97 Å². The Bertz CT molecular complexity index is 1090. The molecule has 38 heavy (non-hydrogen) atoms.